The maximum absolute atomic E-state index is 13.3. The van der Waals surface area contributed by atoms with Crippen LogP contribution in [-0.4, -0.2) is 0 Å². The summed E-state index contributed by atoms with van der Waals surface area (Å²) in [7, 11) is 0. The van der Waals surface area contributed by atoms with E-state index in [-0.39, 0.29) is 16.9 Å². The first kappa shape index (κ1) is 13.8. The summed E-state index contributed by atoms with van der Waals surface area (Å²) in [6, 6.07) is 8.76. The molecule has 0 aliphatic carbocycles. The van der Waals surface area contributed by atoms with Gasteiger partial charge in [0.25, 0.3) is 0 Å². The Labute approximate surface area is 120 Å². The molecule has 1 heterocycles. The number of rotatable bonds is 4. The molecule has 0 spiro atoms. The predicted molar refractivity (Wildman–Crippen MR) is 76.0 cm³/mol. The number of hydrogen-bond acceptors (Lipinski definition) is 2. The monoisotopic (exact) mass is 303 g/mol. The molecule has 0 radical (unpaired) electrons. The SMILES string of the molecule is CC(NCc1ccc(Cl)s1)c1ccc(Cl)c(F)c1. The van der Waals surface area contributed by atoms with Gasteiger partial charge in [-0.1, -0.05) is 29.3 Å². The highest BCUT2D eigenvalue weighted by Crippen LogP contribution is 2.23. The molecule has 18 heavy (non-hydrogen) atoms. The summed E-state index contributed by atoms with van der Waals surface area (Å²) in [5, 5.41) is 3.47. The first-order chi connectivity index (χ1) is 8.56. The van der Waals surface area contributed by atoms with E-state index in [1.54, 1.807) is 6.07 Å². The van der Waals surface area contributed by atoms with Gasteiger partial charge in [0.15, 0.2) is 0 Å². The maximum Gasteiger partial charge on any atom is 0.142 e. The van der Waals surface area contributed by atoms with Crippen LogP contribution in [0.4, 0.5) is 4.39 Å². The number of halogens is 3. The minimum atomic E-state index is -0.387. The smallest absolute Gasteiger partial charge is 0.142 e. The van der Waals surface area contributed by atoms with Crippen molar-refractivity contribution in [3.05, 3.63) is 55.9 Å². The van der Waals surface area contributed by atoms with E-state index in [0.29, 0.717) is 6.54 Å². The first-order valence-electron chi connectivity index (χ1n) is 5.49. The van der Waals surface area contributed by atoms with Gasteiger partial charge in [0.2, 0.25) is 0 Å². The average Bonchev–Trinajstić information content (AvgIpc) is 2.75. The molecule has 0 saturated heterocycles. The summed E-state index contributed by atoms with van der Waals surface area (Å²) in [6.07, 6.45) is 0. The van der Waals surface area contributed by atoms with Gasteiger partial charge in [0.1, 0.15) is 5.82 Å². The Balaban J connectivity index is 1.99. The normalized spacial score (nSPS) is 12.7. The van der Waals surface area contributed by atoms with Crippen LogP contribution in [0.5, 0.6) is 0 Å². The lowest BCUT2D eigenvalue weighted by Crippen LogP contribution is -2.17. The van der Waals surface area contributed by atoms with Crippen molar-refractivity contribution in [2.75, 3.05) is 0 Å². The van der Waals surface area contributed by atoms with Crippen LogP contribution in [0, 0.1) is 5.82 Å². The Bertz CT molecular complexity index is 542. The molecular formula is C13H12Cl2FNS. The molecule has 96 valence electrons. The first-order valence-corrected chi connectivity index (χ1v) is 7.06. The summed E-state index contributed by atoms with van der Waals surface area (Å²) >= 11 is 13.0. The molecule has 1 N–H and O–H groups in total. The molecular weight excluding hydrogens is 292 g/mol. The second-order valence-corrected chi connectivity index (χ2v) is 6.19. The van der Waals surface area contributed by atoms with Gasteiger partial charge in [-0.2, -0.15) is 0 Å². The summed E-state index contributed by atoms with van der Waals surface area (Å²) in [6.45, 7) is 2.70. The van der Waals surface area contributed by atoms with E-state index in [4.69, 9.17) is 23.2 Å². The zero-order chi connectivity index (χ0) is 13.1. The zero-order valence-corrected chi connectivity index (χ0v) is 12.0. The number of nitrogens with one attached hydrogen (secondary N) is 1. The van der Waals surface area contributed by atoms with Gasteiger partial charge in [-0.05, 0) is 36.8 Å². The summed E-state index contributed by atoms with van der Waals surface area (Å²) in [4.78, 5) is 1.15. The van der Waals surface area contributed by atoms with Crippen LogP contribution >= 0.6 is 34.5 Å². The molecule has 0 fully saturated rings. The van der Waals surface area contributed by atoms with Gasteiger partial charge in [-0.3, -0.25) is 0 Å². The number of thiophene rings is 1. The fraction of sp³-hybridized carbons (Fsp3) is 0.231. The second kappa shape index (κ2) is 6.02. The summed E-state index contributed by atoms with van der Waals surface area (Å²) in [5.41, 5.74) is 0.875. The zero-order valence-electron chi connectivity index (χ0n) is 9.71. The lowest BCUT2D eigenvalue weighted by Gasteiger charge is -2.14. The molecule has 5 heteroatoms. The molecule has 1 nitrogen and oxygen atoms in total. The Morgan fingerprint density at radius 3 is 2.67 bits per heavy atom. The van der Waals surface area contributed by atoms with Gasteiger partial charge in [0.05, 0.1) is 9.36 Å². The van der Waals surface area contributed by atoms with Crippen molar-refractivity contribution >= 4 is 34.5 Å². The quantitative estimate of drug-likeness (QED) is 0.834. The predicted octanol–water partition coefficient (Wildman–Crippen LogP) is 5.04. The highest BCUT2D eigenvalue weighted by atomic mass is 35.5. The molecule has 2 rings (SSSR count). The van der Waals surface area contributed by atoms with Crippen LogP contribution in [0.2, 0.25) is 9.36 Å². The van der Waals surface area contributed by atoms with E-state index in [1.807, 2.05) is 25.1 Å². The third-order valence-electron chi connectivity index (χ3n) is 2.65. The van der Waals surface area contributed by atoms with E-state index in [1.165, 1.54) is 17.4 Å². The van der Waals surface area contributed by atoms with Gasteiger partial charge < -0.3 is 5.32 Å². The van der Waals surface area contributed by atoms with Gasteiger partial charge >= 0.3 is 0 Å². The van der Waals surface area contributed by atoms with E-state index in [2.05, 4.69) is 5.32 Å². The van der Waals surface area contributed by atoms with Crippen molar-refractivity contribution in [2.24, 2.45) is 0 Å². The van der Waals surface area contributed by atoms with Crippen molar-refractivity contribution < 1.29 is 4.39 Å². The molecule has 2 aromatic rings. The van der Waals surface area contributed by atoms with Crippen LogP contribution in [0.25, 0.3) is 0 Å². The maximum atomic E-state index is 13.3. The van der Waals surface area contributed by atoms with Gasteiger partial charge in [-0.25, -0.2) is 4.39 Å². The van der Waals surface area contributed by atoms with Crippen molar-refractivity contribution in [1.82, 2.24) is 5.32 Å². The Kier molecular flexibility index (Phi) is 4.62. The Morgan fingerprint density at radius 2 is 2.06 bits per heavy atom. The third kappa shape index (κ3) is 3.45. The van der Waals surface area contributed by atoms with E-state index in [9.17, 15) is 4.39 Å². The van der Waals surface area contributed by atoms with Crippen LogP contribution in [0.1, 0.15) is 23.4 Å². The molecule has 1 aromatic heterocycles. The molecule has 0 aliphatic rings. The van der Waals surface area contributed by atoms with Crippen molar-refractivity contribution in [2.45, 2.75) is 19.5 Å². The molecule has 1 atom stereocenters. The summed E-state index contributed by atoms with van der Waals surface area (Å²) in [5.74, 6) is -0.387. The molecule has 0 aliphatic heterocycles. The minimum absolute atomic E-state index is 0.0534. The van der Waals surface area contributed by atoms with E-state index >= 15 is 0 Å². The van der Waals surface area contributed by atoms with Gasteiger partial charge in [-0.15, -0.1) is 11.3 Å². The van der Waals surface area contributed by atoms with Gasteiger partial charge in [0, 0.05) is 17.5 Å². The summed E-state index contributed by atoms with van der Waals surface area (Å²) < 4.78 is 14.1. The molecule has 0 saturated carbocycles. The Hall–Kier alpha value is -0.610. The molecule has 0 bridgehead atoms. The number of benzene rings is 1. The topological polar surface area (TPSA) is 12.0 Å². The number of hydrogen-bond donors (Lipinski definition) is 1. The molecule has 0 amide bonds. The molecule has 1 aromatic carbocycles. The fourth-order valence-corrected chi connectivity index (χ4v) is 2.76. The van der Waals surface area contributed by atoms with E-state index in [0.717, 1.165) is 14.8 Å². The Morgan fingerprint density at radius 1 is 1.28 bits per heavy atom. The van der Waals surface area contributed by atoms with Crippen LogP contribution in [0.3, 0.4) is 0 Å². The fourth-order valence-electron chi connectivity index (χ4n) is 1.60. The highest BCUT2D eigenvalue weighted by molar-refractivity contribution is 7.16. The van der Waals surface area contributed by atoms with Crippen LogP contribution in [-0.2, 0) is 6.54 Å². The third-order valence-corrected chi connectivity index (χ3v) is 4.19. The van der Waals surface area contributed by atoms with Crippen molar-refractivity contribution in [1.29, 1.82) is 0 Å². The molecule has 1 unspecified atom stereocenters. The highest BCUT2D eigenvalue weighted by Gasteiger charge is 2.08. The lowest BCUT2D eigenvalue weighted by molar-refractivity contribution is 0.568. The lowest BCUT2D eigenvalue weighted by atomic mass is 10.1. The van der Waals surface area contributed by atoms with E-state index < -0.39 is 0 Å². The van der Waals surface area contributed by atoms with Crippen molar-refractivity contribution in [3.8, 4) is 0 Å². The minimum Gasteiger partial charge on any atom is -0.305 e. The van der Waals surface area contributed by atoms with Crippen LogP contribution in [0.15, 0.2) is 30.3 Å². The standard InChI is InChI=1S/C13H12Cl2FNS/c1-8(9-2-4-11(14)12(16)6-9)17-7-10-3-5-13(15)18-10/h2-6,8,17H,7H2,1H3. The van der Waals surface area contributed by atoms with Crippen LogP contribution < -0.4 is 5.32 Å². The largest absolute Gasteiger partial charge is 0.305 e. The van der Waals surface area contributed by atoms with Crippen molar-refractivity contribution in [3.63, 3.8) is 0 Å². The average molecular weight is 304 g/mol. The second-order valence-electron chi connectivity index (χ2n) is 3.98.